The number of rotatable bonds is 4. The van der Waals surface area contributed by atoms with Crippen molar-refractivity contribution < 1.29 is 9.59 Å². The van der Waals surface area contributed by atoms with Gasteiger partial charge in [-0.25, -0.2) is 4.98 Å². The van der Waals surface area contributed by atoms with Crippen molar-refractivity contribution in [1.82, 2.24) is 4.98 Å². The van der Waals surface area contributed by atoms with Gasteiger partial charge in [0.2, 0.25) is 0 Å². The van der Waals surface area contributed by atoms with E-state index in [0.29, 0.717) is 21.4 Å². The van der Waals surface area contributed by atoms with Gasteiger partial charge in [-0.1, -0.05) is 41.9 Å². The molecule has 0 fully saturated rings. The Hall–Kier alpha value is -2.70. The molecule has 3 aromatic rings. The number of amides is 2. The lowest BCUT2D eigenvalue weighted by molar-refractivity contribution is 0.101. The van der Waals surface area contributed by atoms with E-state index in [9.17, 15) is 9.59 Å². The minimum atomic E-state index is -0.426. The second kappa shape index (κ2) is 8.12. The minimum Gasteiger partial charge on any atom is -0.320 e. The molecule has 0 radical (unpaired) electrons. The third-order valence-electron chi connectivity index (χ3n) is 3.51. The number of hydrogen-bond acceptors (Lipinski definition) is 3. The summed E-state index contributed by atoms with van der Waals surface area (Å²) in [5.74, 6) is -0.695. The average Bonchev–Trinajstić information content (AvgIpc) is 2.66. The summed E-state index contributed by atoms with van der Waals surface area (Å²) in [6, 6.07) is 17.3. The normalized spacial score (nSPS) is 10.2. The molecule has 0 spiro atoms. The molecular weight excluding hydrogens is 418 g/mol. The largest absolute Gasteiger partial charge is 0.320 e. The lowest BCUT2D eigenvalue weighted by Crippen LogP contribution is -2.17. The SMILES string of the molecule is O=C(Nc1ccccc1NC(=O)c1cc(Br)cnc1Cl)c1ccccc1. The van der Waals surface area contributed by atoms with Gasteiger partial charge >= 0.3 is 0 Å². The molecule has 26 heavy (non-hydrogen) atoms. The molecule has 0 aliphatic carbocycles. The van der Waals surface area contributed by atoms with Crippen molar-refractivity contribution in [3.63, 3.8) is 0 Å². The Bertz CT molecular complexity index is 964. The molecule has 0 atom stereocenters. The molecule has 2 amide bonds. The number of nitrogens with one attached hydrogen (secondary N) is 2. The van der Waals surface area contributed by atoms with Gasteiger partial charge < -0.3 is 10.6 Å². The van der Waals surface area contributed by atoms with E-state index in [1.54, 1.807) is 54.6 Å². The Morgan fingerprint density at radius 1 is 0.885 bits per heavy atom. The highest BCUT2D eigenvalue weighted by molar-refractivity contribution is 9.10. The highest BCUT2D eigenvalue weighted by atomic mass is 79.9. The van der Waals surface area contributed by atoms with Crippen molar-refractivity contribution in [2.24, 2.45) is 0 Å². The van der Waals surface area contributed by atoms with Crippen LogP contribution in [0.3, 0.4) is 0 Å². The Kier molecular flexibility index (Phi) is 5.65. The number of para-hydroxylation sites is 2. The maximum atomic E-state index is 12.5. The topological polar surface area (TPSA) is 71.1 Å². The standard InChI is InChI=1S/C19H13BrClN3O2/c20-13-10-14(17(21)22-11-13)19(26)24-16-9-5-4-8-15(16)23-18(25)12-6-2-1-3-7-12/h1-11H,(H,23,25)(H,24,26). The maximum Gasteiger partial charge on any atom is 0.258 e. The van der Waals surface area contributed by atoms with E-state index < -0.39 is 5.91 Å². The van der Waals surface area contributed by atoms with Crippen LogP contribution in [0.2, 0.25) is 5.15 Å². The second-order valence-corrected chi connectivity index (χ2v) is 6.59. The minimum absolute atomic E-state index is 0.0940. The molecule has 0 unspecified atom stereocenters. The Morgan fingerprint density at radius 2 is 1.46 bits per heavy atom. The van der Waals surface area contributed by atoms with Crippen LogP contribution in [0.5, 0.6) is 0 Å². The van der Waals surface area contributed by atoms with Gasteiger partial charge in [-0.15, -0.1) is 0 Å². The van der Waals surface area contributed by atoms with Gasteiger partial charge in [0.1, 0.15) is 5.15 Å². The molecule has 7 heteroatoms. The molecule has 0 aliphatic heterocycles. The van der Waals surface area contributed by atoms with Gasteiger partial charge in [0, 0.05) is 16.2 Å². The summed E-state index contributed by atoms with van der Waals surface area (Å²) in [4.78, 5) is 28.8. The number of pyridine rings is 1. The fourth-order valence-electron chi connectivity index (χ4n) is 2.26. The molecule has 130 valence electrons. The molecule has 0 aliphatic rings. The summed E-state index contributed by atoms with van der Waals surface area (Å²) < 4.78 is 0.637. The zero-order chi connectivity index (χ0) is 18.5. The number of carbonyl (C=O) groups is 2. The molecule has 5 nitrogen and oxygen atoms in total. The predicted molar refractivity (Wildman–Crippen MR) is 106 cm³/mol. The van der Waals surface area contributed by atoms with E-state index in [4.69, 9.17) is 11.6 Å². The summed E-state index contributed by atoms with van der Waals surface area (Å²) in [7, 11) is 0. The molecule has 2 aromatic carbocycles. The van der Waals surface area contributed by atoms with Gasteiger partial charge in [0.15, 0.2) is 0 Å². The van der Waals surface area contributed by atoms with Gasteiger partial charge in [-0.2, -0.15) is 0 Å². The number of benzene rings is 2. The van der Waals surface area contributed by atoms with Crippen LogP contribution < -0.4 is 10.6 Å². The van der Waals surface area contributed by atoms with Crippen molar-refractivity contribution in [3.8, 4) is 0 Å². The molecule has 1 heterocycles. The summed E-state index contributed by atoms with van der Waals surface area (Å²) in [5.41, 5.74) is 1.68. The number of anilines is 2. The second-order valence-electron chi connectivity index (χ2n) is 5.31. The third kappa shape index (κ3) is 4.28. The lowest BCUT2D eigenvalue weighted by atomic mass is 10.2. The quantitative estimate of drug-likeness (QED) is 0.572. The summed E-state index contributed by atoms with van der Waals surface area (Å²) in [6.45, 7) is 0. The molecule has 0 saturated heterocycles. The molecule has 1 aromatic heterocycles. The first-order valence-corrected chi connectivity index (χ1v) is 8.79. The summed E-state index contributed by atoms with van der Waals surface area (Å²) in [6.07, 6.45) is 1.51. The van der Waals surface area contributed by atoms with Crippen LogP contribution in [0.15, 0.2) is 71.3 Å². The van der Waals surface area contributed by atoms with Crippen LogP contribution in [0.4, 0.5) is 11.4 Å². The molecule has 3 rings (SSSR count). The van der Waals surface area contributed by atoms with Crippen molar-refractivity contribution >= 4 is 50.7 Å². The van der Waals surface area contributed by atoms with Gasteiger partial charge in [-0.3, -0.25) is 9.59 Å². The van der Waals surface area contributed by atoms with Gasteiger partial charge in [0.25, 0.3) is 11.8 Å². The van der Waals surface area contributed by atoms with E-state index in [0.717, 1.165) is 0 Å². The lowest BCUT2D eigenvalue weighted by Gasteiger charge is -2.13. The fourth-order valence-corrected chi connectivity index (χ4v) is 2.78. The van der Waals surface area contributed by atoms with Crippen molar-refractivity contribution in [2.45, 2.75) is 0 Å². The van der Waals surface area contributed by atoms with E-state index in [1.165, 1.54) is 6.20 Å². The first-order valence-electron chi connectivity index (χ1n) is 7.62. The summed E-state index contributed by atoms with van der Waals surface area (Å²) in [5, 5.41) is 5.64. The average molecular weight is 431 g/mol. The Morgan fingerprint density at radius 3 is 2.12 bits per heavy atom. The highest BCUT2D eigenvalue weighted by Gasteiger charge is 2.15. The zero-order valence-corrected chi connectivity index (χ0v) is 15.7. The highest BCUT2D eigenvalue weighted by Crippen LogP contribution is 2.24. The van der Waals surface area contributed by atoms with Crippen LogP contribution in [0.25, 0.3) is 0 Å². The number of nitrogens with zero attached hydrogens (tertiary/aromatic N) is 1. The van der Waals surface area contributed by atoms with Crippen molar-refractivity contribution in [3.05, 3.63) is 87.6 Å². The fraction of sp³-hybridized carbons (Fsp3) is 0. The Labute approximate surface area is 163 Å². The van der Waals surface area contributed by atoms with Crippen LogP contribution in [0, 0.1) is 0 Å². The summed E-state index contributed by atoms with van der Waals surface area (Å²) >= 11 is 9.26. The van der Waals surface area contributed by atoms with E-state index in [-0.39, 0.29) is 16.6 Å². The first kappa shape index (κ1) is 18.1. The molecule has 0 bridgehead atoms. The van der Waals surface area contributed by atoms with Crippen molar-refractivity contribution in [1.29, 1.82) is 0 Å². The predicted octanol–water partition coefficient (Wildman–Crippen LogP) is 5.00. The first-order chi connectivity index (χ1) is 12.5. The van der Waals surface area contributed by atoms with Crippen molar-refractivity contribution in [2.75, 3.05) is 10.6 Å². The number of halogens is 2. The molecule has 0 saturated carbocycles. The van der Waals surface area contributed by atoms with Crippen LogP contribution in [-0.2, 0) is 0 Å². The molecular formula is C19H13BrClN3O2. The van der Waals surface area contributed by atoms with E-state index >= 15 is 0 Å². The monoisotopic (exact) mass is 429 g/mol. The van der Waals surface area contributed by atoms with Crippen LogP contribution >= 0.6 is 27.5 Å². The van der Waals surface area contributed by atoms with Crippen LogP contribution in [-0.4, -0.2) is 16.8 Å². The van der Waals surface area contributed by atoms with Gasteiger partial charge in [0.05, 0.1) is 16.9 Å². The number of aromatic nitrogens is 1. The molecule has 2 N–H and O–H groups in total. The Balaban J connectivity index is 1.82. The smallest absolute Gasteiger partial charge is 0.258 e. The number of hydrogen-bond donors (Lipinski definition) is 2. The zero-order valence-electron chi connectivity index (χ0n) is 13.4. The van der Waals surface area contributed by atoms with E-state index in [1.807, 2.05) is 6.07 Å². The maximum absolute atomic E-state index is 12.5. The number of carbonyl (C=O) groups excluding carboxylic acids is 2. The van der Waals surface area contributed by atoms with Gasteiger partial charge in [-0.05, 0) is 46.3 Å². The third-order valence-corrected chi connectivity index (χ3v) is 4.24. The van der Waals surface area contributed by atoms with Crippen LogP contribution in [0.1, 0.15) is 20.7 Å². The van der Waals surface area contributed by atoms with E-state index in [2.05, 4.69) is 31.5 Å².